The zero-order chi connectivity index (χ0) is 16.3. The minimum absolute atomic E-state index is 0.00394. The quantitative estimate of drug-likeness (QED) is 0.874. The summed E-state index contributed by atoms with van der Waals surface area (Å²) in [6, 6.07) is 4.92. The molecule has 120 valence electrons. The predicted octanol–water partition coefficient (Wildman–Crippen LogP) is 2.19. The molecule has 0 aliphatic heterocycles. The van der Waals surface area contributed by atoms with E-state index < -0.39 is 9.84 Å². The van der Waals surface area contributed by atoms with Crippen molar-refractivity contribution in [1.29, 1.82) is 0 Å². The fourth-order valence-corrected chi connectivity index (χ4v) is 2.51. The molecular formula is C15H25FN2O2S. The fourth-order valence-electron chi connectivity index (χ4n) is 1.91. The third-order valence-corrected chi connectivity index (χ3v) is 3.98. The molecule has 0 bridgehead atoms. The van der Waals surface area contributed by atoms with Crippen LogP contribution in [0.5, 0.6) is 0 Å². The summed E-state index contributed by atoms with van der Waals surface area (Å²) in [4.78, 5) is 1.66. The minimum Gasteiger partial charge on any atom is -0.371 e. The summed E-state index contributed by atoms with van der Waals surface area (Å²) in [6.07, 6.45) is 1.18. The van der Waals surface area contributed by atoms with Crippen molar-refractivity contribution in [3.05, 3.63) is 29.6 Å². The second-order valence-corrected chi connectivity index (χ2v) is 8.66. The van der Waals surface area contributed by atoms with Crippen molar-refractivity contribution in [3.8, 4) is 0 Å². The van der Waals surface area contributed by atoms with E-state index in [1.165, 1.54) is 12.3 Å². The zero-order valence-electron chi connectivity index (χ0n) is 13.4. The summed E-state index contributed by atoms with van der Waals surface area (Å²) in [6.45, 7) is 6.92. The van der Waals surface area contributed by atoms with E-state index in [4.69, 9.17) is 0 Å². The van der Waals surface area contributed by atoms with Crippen LogP contribution in [0.2, 0.25) is 0 Å². The maximum absolute atomic E-state index is 14.1. The molecule has 1 aromatic rings. The highest BCUT2D eigenvalue weighted by atomic mass is 32.2. The number of sulfone groups is 1. The second kappa shape index (κ2) is 6.75. The Labute approximate surface area is 127 Å². The molecule has 0 spiro atoms. The van der Waals surface area contributed by atoms with Gasteiger partial charge in [-0.25, -0.2) is 12.8 Å². The molecule has 0 aliphatic rings. The molecule has 0 atom stereocenters. The first-order chi connectivity index (χ1) is 9.49. The summed E-state index contributed by atoms with van der Waals surface area (Å²) >= 11 is 0. The molecule has 0 aromatic heterocycles. The maximum Gasteiger partial charge on any atom is 0.149 e. The molecule has 4 nitrogen and oxygen atoms in total. The van der Waals surface area contributed by atoms with Gasteiger partial charge in [0, 0.05) is 31.9 Å². The van der Waals surface area contributed by atoms with Gasteiger partial charge in [0.25, 0.3) is 0 Å². The number of benzene rings is 1. The van der Waals surface area contributed by atoms with E-state index in [-0.39, 0.29) is 23.7 Å². The lowest BCUT2D eigenvalue weighted by Gasteiger charge is -2.26. The Morgan fingerprint density at radius 1 is 1.29 bits per heavy atom. The molecular weight excluding hydrogens is 291 g/mol. The lowest BCUT2D eigenvalue weighted by molar-refractivity contribution is 0.423. The van der Waals surface area contributed by atoms with Crippen LogP contribution in [0.25, 0.3) is 0 Å². The van der Waals surface area contributed by atoms with Gasteiger partial charge < -0.3 is 10.2 Å². The number of nitrogens with zero attached hydrogens (tertiary/aromatic N) is 1. The van der Waals surface area contributed by atoms with Gasteiger partial charge in [0.1, 0.15) is 15.7 Å². The largest absolute Gasteiger partial charge is 0.371 e. The average molecular weight is 316 g/mol. The van der Waals surface area contributed by atoms with Gasteiger partial charge in [-0.3, -0.25) is 0 Å². The Hall–Kier alpha value is -1.14. The summed E-state index contributed by atoms with van der Waals surface area (Å²) in [7, 11) is -1.36. The van der Waals surface area contributed by atoms with Crippen molar-refractivity contribution in [2.24, 2.45) is 0 Å². The summed E-state index contributed by atoms with van der Waals surface area (Å²) in [5.41, 5.74) is 1.20. The van der Waals surface area contributed by atoms with Crippen molar-refractivity contribution in [3.63, 3.8) is 0 Å². The highest BCUT2D eigenvalue weighted by molar-refractivity contribution is 7.90. The smallest absolute Gasteiger partial charge is 0.149 e. The van der Waals surface area contributed by atoms with Gasteiger partial charge in [-0.05, 0) is 32.4 Å². The van der Waals surface area contributed by atoms with Crippen molar-refractivity contribution in [2.45, 2.75) is 32.9 Å². The van der Waals surface area contributed by atoms with Crippen LogP contribution in [0.1, 0.15) is 26.3 Å². The molecule has 6 heteroatoms. The number of rotatable bonds is 6. The lowest BCUT2D eigenvalue weighted by Crippen LogP contribution is -2.36. The average Bonchev–Trinajstić information content (AvgIpc) is 2.31. The number of nitrogens with one attached hydrogen (secondary N) is 1. The van der Waals surface area contributed by atoms with Gasteiger partial charge in [0.15, 0.2) is 0 Å². The van der Waals surface area contributed by atoms with Crippen molar-refractivity contribution >= 4 is 15.5 Å². The molecule has 0 amide bonds. The molecule has 0 unspecified atom stereocenters. The summed E-state index contributed by atoms with van der Waals surface area (Å²) in [5.74, 6) is -0.330. The van der Waals surface area contributed by atoms with Gasteiger partial charge in [0.2, 0.25) is 0 Å². The highest BCUT2D eigenvalue weighted by Crippen LogP contribution is 2.24. The number of halogens is 1. The Morgan fingerprint density at radius 2 is 1.90 bits per heavy atom. The van der Waals surface area contributed by atoms with Crippen LogP contribution in [0.3, 0.4) is 0 Å². The topological polar surface area (TPSA) is 49.4 Å². The number of hydrogen-bond acceptors (Lipinski definition) is 4. The van der Waals surface area contributed by atoms with Crippen LogP contribution < -0.4 is 10.2 Å². The van der Waals surface area contributed by atoms with Gasteiger partial charge >= 0.3 is 0 Å². The molecule has 0 saturated heterocycles. The number of hydrogen-bond donors (Lipinski definition) is 1. The standard InChI is InChI=1S/C15H25FN2O2S/c1-15(2,3)17-11-12-7-6-8-13(16)14(12)18(4)9-10-21(5,19)20/h6-8,17H,9-11H2,1-5H3. The Bertz CT molecular complexity index is 580. The Balaban J connectivity index is 2.94. The summed E-state index contributed by atoms with van der Waals surface area (Å²) < 4.78 is 36.6. The molecule has 0 heterocycles. The maximum atomic E-state index is 14.1. The van der Waals surface area contributed by atoms with E-state index in [0.717, 1.165) is 5.56 Å². The Kier molecular flexibility index (Phi) is 5.75. The molecule has 0 fully saturated rings. The number of para-hydroxylation sites is 1. The Morgan fingerprint density at radius 3 is 2.43 bits per heavy atom. The lowest BCUT2D eigenvalue weighted by atomic mass is 10.1. The third kappa shape index (κ3) is 6.44. The van der Waals surface area contributed by atoms with E-state index in [2.05, 4.69) is 5.32 Å². The van der Waals surface area contributed by atoms with E-state index in [1.54, 1.807) is 18.0 Å². The normalized spacial score (nSPS) is 12.5. The van der Waals surface area contributed by atoms with Gasteiger partial charge in [-0.1, -0.05) is 12.1 Å². The van der Waals surface area contributed by atoms with Crippen LogP contribution in [0.15, 0.2) is 18.2 Å². The number of anilines is 1. The monoisotopic (exact) mass is 316 g/mol. The third-order valence-electron chi connectivity index (χ3n) is 3.06. The molecule has 21 heavy (non-hydrogen) atoms. The zero-order valence-corrected chi connectivity index (χ0v) is 14.2. The van der Waals surface area contributed by atoms with Crippen LogP contribution in [-0.2, 0) is 16.4 Å². The molecule has 1 rings (SSSR count). The van der Waals surface area contributed by atoms with Crippen LogP contribution >= 0.6 is 0 Å². The molecule has 1 aromatic carbocycles. The van der Waals surface area contributed by atoms with E-state index in [1.807, 2.05) is 26.8 Å². The highest BCUT2D eigenvalue weighted by Gasteiger charge is 2.16. The first-order valence-corrected chi connectivity index (χ1v) is 8.97. The molecule has 0 aliphatic carbocycles. The van der Waals surface area contributed by atoms with Crippen molar-refractivity contribution in [2.75, 3.05) is 30.5 Å². The second-order valence-electron chi connectivity index (χ2n) is 6.40. The van der Waals surface area contributed by atoms with Crippen LogP contribution in [-0.4, -0.2) is 39.6 Å². The van der Waals surface area contributed by atoms with Gasteiger partial charge in [0.05, 0.1) is 11.4 Å². The van der Waals surface area contributed by atoms with E-state index >= 15 is 0 Å². The van der Waals surface area contributed by atoms with E-state index in [0.29, 0.717) is 12.2 Å². The minimum atomic E-state index is -3.07. The van der Waals surface area contributed by atoms with Gasteiger partial charge in [-0.2, -0.15) is 0 Å². The molecule has 1 N–H and O–H groups in total. The van der Waals surface area contributed by atoms with E-state index in [9.17, 15) is 12.8 Å². The first-order valence-electron chi connectivity index (χ1n) is 6.91. The van der Waals surface area contributed by atoms with Crippen molar-refractivity contribution < 1.29 is 12.8 Å². The van der Waals surface area contributed by atoms with Gasteiger partial charge in [-0.15, -0.1) is 0 Å². The van der Waals surface area contributed by atoms with Crippen LogP contribution in [0.4, 0.5) is 10.1 Å². The summed E-state index contributed by atoms with van der Waals surface area (Å²) in [5, 5.41) is 3.32. The predicted molar refractivity (Wildman–Crippen MR) is 86.0 cm³/mol. The molecule has 0 saturated carbocycles. The SMILES string of the molecule is CN(CCS(C)(=O)=O)c1c(F)cccc1CNC(C)(C)C. The van der Waals surface area contributed by atoms with Crippen LogP contribution in [0, 0.1) is 5.82 Å². The first kappa shape index (κ1) is 17.9. The fraction of sp³-hybridized carbons (Fsp3) is 0.600. The van der Waals surface area contributed by atoms with Crippen molar-refractivity contribution in [1.82, 2.24) is 5.32 Å². The molecule has 0 radical (unpaired) electrons.